The molecule has 1 amide bonds. The summed E-state index contributed by atoms with van der Waals surface area (Å²) < 4.78 is 14.2. The Hall–Kier alpha value is -2.41. The van der Waals surface area contributed by atoms with Crippen LogP contribution in [-0.4, -0.2) is 16.1 Å². The van der Waals surface area contributed by atoms with Gasteiger partial charge in [0.15, 0.2) is 5.17 Å². The number of aromatic nitrogens is 1. The largest absolute Gasteiger partial charge is 0.300 e. The van der Waals surface area contributed by atoms with Crippen LogP contribution in [0.15, 0.2) is 58.6 Å². The molecule has 3 aromatic rings. The van der Waals surface area contributed by atoms with E-state index < -0.39 is 5.82 Å². The van der Waals surface area contributed by atoms with Crippen molar-refractivity contribution in [3.8, 4) is 0 Å². The van der Waals surface area contributed by atoms with Gasteiger partial charge in [-0.15, -0.1) is 0 Å². The van der Waals surface area contributed by atoms with Crippen LogP contribution >= 0.6 is 35.0 Å². The van der Waals surface area contributed by atoms with Gasteiger partial charge in [-0.1, -0.05) is 35.3 Å². The minimum absolute atomic E-state index is 0.291. The number of nitrogens with one attached hydrogen (secondary N) is 1. The van der Waals surface area contributed by atoms with Crippen LogP contribution in [0.3, 0.4) is 0 Å². The molecule has 1 aliphatic heterocycles. The predicted octanol–water partition coefficient (Wildman–Crippen LogP) is 5.57. The molecule has 1 fully saturated rings. The molecule has 1 N–H and O–H groups in total. The number of fused-ring (bicyclic) bond motifs is 1. The first kappa shape index (κ1) is 18.0. The number of carbonyl (C=O) groups excluding carboxylic acids is 1. The maximum absolute atomic E-state index is 14.2. The molecular weight excluding hydrogens is 408 g/mol. The Labute approximate surface area is 168 Å². The summed E-state index contributed by atoms with van der Waals surface area (Å²) in [4.78, 5) is 21.0. The fourth-order valence-corrected chi connectivity index (χ4v) is 3.89. The van der Waals surface area contributed by atoms with Gasteiger partial charge < -0.3 is 5.32 Å². The van der Waals surface area contributed by atoms with Gasteiger partial charge in [0, 0.05) is 11.6 Å². The molecule has 0 unspecified atom stereocenters. The summed E-state index contributed by atoms with van der Waals surface area (Å²) in [7, 11) is 0. The van der Waals surface area contributed by atoms with Crippen LogP contribution in [0.2, 0.25) is 10.0 Å². The zero-order valence-corrected chi connectivity index (χ0v) is 15.9. The summed E-state index contributed by atoms with van der Waals surface area (Å²) in [5, 5.41) is 4.43. The molecule has 2 aromatic carbocycles. The second kappa shape index (κ2) is 7.31. The van der Waals surface area contributed by atoms with E-state index in [1.54, 1.807) is 42.5 Å². The molecule has 134 valence electrons. The Morgan fingerprint density at radius 3 is 2.70 bits per heavy atom. The molecule has 0 aliphatic carbocycles. The summed E-state index contributed by atoms with van der Waals surface area (Å²) in [6, 6.07) is 11.6. The third-order valence-electron chi connectivity index (χ3n) is 3.78. The van der Waals surface area contributed by atoms with Gasteiger partial charge in [-0.05, 0) is 53.7 Å². The lowest BCUT2D eigenvalue weighted by Crippen LogP contribution is -2.19. The van der Waals surface area contributed by atoms with Crippen molar-refractivity contribution in [2.75, 3.05) is 0 Å². The molecule has 0 spiro atoms. The summed E-state index contributed by atoms with van der Waals surface area (Å²) in [6.45, 7) is 0. The average molecular weight is 418 g/mol. The number of thioether (sulfide) groups is 1. The highest BCUT2D eigenvalue weighted by atomic mass is 35.5. The van der Waals surface area contributed by atoms with Crippen molar-refractivity contribution in [3.05, 3.63) is 75.0 Å². The fourth-order valence-electron chi connectivity index (χ4n) is 2.58. The van der Waals surface area contributed by atoms with Gasteiger partial charge in [-0.3, -0.25) is 9.78 Å². The molecule has 0 saturated carbocycles. The van der Waals surface area contributed by atoms with Crippen molar-refractivity contribution >= 4 is 68.7 Å². The first-order valence-electron chi connectivity index (χ1n) is 7.79. The molecule has 0 radical (unpaired) electrons. The number of pyridine rings is 1. The van der Waals surface area contributed by atoms with Crippen molar-refractivity contribution in [2.45, 2.75) is 0 Å². The molecule has 8 heteroatoms. The number of rotatable bonds is 2. The van der Waals surface area contributed by atoms with Gasteiger partial charge >= 0.3 is 0 Å². The number of aliphatic imine (C=N–C) groups is 1. The van der Waals surface area contributed by atoms with Gasteiger partial charge in [0.25, 0.3) is 5.91 Å². The number of hydrogen-bond acceptors (Lipinski definition) is 4. The van der Waals surface area contributed by atoms with E-state index in [1.165, 1.54) is 12.3 Å². The van der Waals surface area contributed by atoms with E-state index in [9.17, 15) is 9.18 Å². The molecule has 27 heavy (non-hydrogen) atoms. The van der Waals surface area contributed by atoms with E-state index in [4.69, 9.17) is 23.2 Å². The van der Waals surface area contributed by atoms with Crippen molar-refractivity contribution in [3.63, 3.8) is 0 Å². The van der Waals surface area contributed by atoms with E-state index in [-0.39, 0.29) is 5.91 Å². The Balaban J connectivity index is 1.68. The van der Waals surface area contributed by atoms with Crippen LogP contribution in [0.1, 0.15) is 5.56 Å². The fraction of sp³-hybridized carbons (Fsp3) is 0. The lowest BCUT2D eigenvalue weighted by molar-refractivity contribution is -0.115. The zero-order chi connectivity index (χ0) is 19.0. The number of benzene rings is 2. The van der Waals surface area contributed by atoms with Crippen LogP contribution in [0.4, 0.5) is 10.1 Å². The zero-order valence-electron chi connectivity index (χ0n) is 13.5. The Bertz CT molecular complexity index is 1130. The Kier molecular flexibility index (Phi) is 4.86. The quantitative estimate of drug-likeness (QED) is 0.554. The predicted molar refractivity (Wildman–Crippen MR) is 109 cm³/mol. The van der Waals surface area contributed by atoms with Crippen molar-refractivity contribution < 1.29 is 9.18 Å². The highest BCUT2D eigenvalue weighted by Crippen LogP contribution is 2.35. The van der Waals surface area contributed by atoms with Crippen LogP contribution in [0.5, 0.6) is 0 Å². The van der Waals surface area contributed by atoms with Crippen molar-refractivity contribution in [1.82, 2.24) is 10.3 Å². The van der Waals surface area contributed by atoms with E-state index >= 15 is 0 Å². The maximum Gasteiger partial charge on any atom is 0.264 e. The third-order valence-corrected chi connectivity index (χ3v) is 5.30. The van der Waals surface area contributed by atoms with Gasteiger partial charge in [0.05, 0.1) is 15.0 Å². The minimum atomic E-state index is -0.444. The highest BCUT2D eigenvalue weighted by molar-refractivity contribution is 8.18. The molecule has 4 nitrogen and oxygen atoms in total. The molecule has 1 aromatic heterocycles. The first-order chi connectivity index (χ1) is 13.0. The number of halogens is 3. The molecule has 2 heterocycles. The topological polar surface area (TPSA) is 54.4 Å². The number of amidine groups is 1. The van der Waals surface area contributed by atoms with Gasteiger partial charge in [0.1, 0.15) is 17.0 Å². The summed E-state index contributed by atoms with van der Waals surface area (Å²) >= 11 is 13.3. The van der Waals surface area contributed by atoms with Crippen LogP contribution in [0.25, 0.3) is 17.0 Å². The number of amides is 1. The third kappa shape index (κ3) is 3.69. The molecule has 0 atom stereocenters. The Morgan fingerprint density at radius 2 is 1.93 bits per heavy atom. The average Bonchev–Trinajstić information content (AvgIpc) is 2.98. The van der Waals surface area contributed by atoms with E-state index in [2.05, 4.69) is 15.3 Å². The van der Waals surface area contributed by atoms with E-state index in [0.29, 0.717) is 42.3 Å². The molecule has 4 rings (SSSR count). The molecule has 1 saturated heterocycles. The lowest BCUT2D eigenvalue weighted by atomic mass is 10.1. The second-order valence-corrected chi connectivity index (χ2v) is 7.47. The summed E-state index contributed by atoms with van der Waals surface area (Å²) in [6.07, 6.45) is 3.14. The highest BCUT2D eigenvalue weighted by Gasteiger charge is 2.24. The molecule has 0 bridgehead atoms. The standard InChI is InChI=1S/C19H10Cl2FN3OS/c20-12-4-1-5-13(21)17(12)24-19-25-18(26)15(27-19)9-10-7-11-3-2-6-23-16(11)14(22)8-10/h1-9H,(H,24,25,26)/b15-9+. The normalized spacial score (nSPS) is 17.1. The van der Waals surface area contributed by atoms with Crippen molar-refractivity contribution in [2.24, 2.45) is 4.99 Å². The van der Waals surface area contributed by atoms with E-state index in [1.807, 2.05) is 0 Å². The molecule has 1 aliphatic rings. The lowest BCUT2D eigenvalue weighted by Gasteiger charge is -2.02. The summed E-state index contributed by atoms with van der Waals surface area (Å²) in [5.74, 6) is -0.770. The first-order valence-corrected chi connectivity index (χ1v) is 9.36. The van der Waals surface area contributed by atoms with Gasteiger partial charge in [0.2, 0.25) is 0 Å². The number of carbonyl (C=O) groups is 1. The number of hydrogen-bond donors (Lipinski definition) is 1. The Morgan fingerprint density at radius 1 is 1.15 bits per heavy atom. The monoisotopic (exact) mass is 417 g/mol. The van der Waals surface area contributed by atoms with Gasteiger partial charge in [-0.2, -0.15) is 0 Å². The number of para-hydroxylation sites is 1. The maximum atomic E-state index is 14.2. The van der Waals surface area contributed by atoms with E-state index in [0.717, 1.165) is 11.8 Å². The van der Waals surface area contributed by atoms with Crippen LogP contribution in [-0.2, 0) is 4.79 Å². The smallest absolute Gasteiger partial charge is 0.264 e. The van der Waals surface area contributed by atoms with Crippen molar-refractivity contribution in [1.29, 1.82) is 0 Å². The minimum Gasteiger partial charge on any atom is -0.300 e. The van der Waals surface area contributed by atoms with Crippen LogP contribution in [0, 0.1) is 5.82 Å². The second-order valence-electron chi connectivity index (χ2n) is 5.63. The van der Waals surface area contributed by atoms with Gasteiger partial charge in [-0.25, -0.2) is 9.38 Å². The molecular formula is C19H10Cl2FN3OS. The SMILES string of the molecule is O=C1NC(=Nc2c(Cl)cccc2Cl)S/C1=C/c1cc(F)c2ncccc2c1. The van der Waals surface area contributed by atoms with Crippen LogP contribution < -0.4 is 5.32 Å². The number of nitrogens with zero attached hydrogens (tertiary/aromatic N) is 2. The summed E-state index contributed by atoms with van der Waals surface area (Å²) in [5.41, 5.74) is 1.23.